The van der Waals surface area contributed by atoms with Gasteiger partial charge in [0.1, 0.15) is 0 Å². The van der Waals surface area contributed by atoms with Gasteiger partial charge in [-0.15, -0.1) is 0 Å². The number of rotatable bonds is 7. The van der Waals surface area contributed by atoms with Gasteiger partial charge in [0, 0.05) is 35.9 Å². The number of carbonyl (C=O) groups is 1. The normalized spacial score (nSPS) is 14.0. The molecule has 1 fully saturated rings. The Hall–Kier alpha value is -1.22. The molecule has 7 heteroatoms. The van der Waals surface area contributed by atoms with Crippen molar-refractivity contribution < 1.29 is 14.5 Å². The first-order chi connectivity index (χ1) is 9.99. The number of nitro groups is 1. The van der Waals surface area contributed by atoms with Crippen LogP contribution >= 0.6 is 22.6 Å². The minimum Gasteiger partial charge on any atom is -0.379 e. The van der Waals surface area contributed by atoms with Crippen molar-refractivity contribution in [2.24, 2.45) is 5.92 Å². The molecule has 2 rings (SSSR count). The van der Waals surface area contributed by atoms with Gasteiger partial charge in [0.05, 0.1) is 17.1 Å². The molecule has 1 aromatic rings. The third kappa shape index (κ3) is 4.63. The van der Waals surface area contributed by atoms with Crippen LogP contribution in [0, 0.1) is 19.6 Å². The van der Waals surface area contributed by atoms with Gasteiger partial charge < -0.3 is 9.64 Å². The van der Waals surface area contributed by atoms with Crippen LogP contribution in [0.25, 0.3) is 0 Å². The molecule has 0 saturated heterocycles. The zero-order valence-corrected chi connectivity index (χ0v) is 13.9. The highest BCUT2D eigenvalue weighted by molar-refractivity contribution is 14.1. The number of non-ortho nitro benzene ring substituents is 1. The van der Waals surface area contributed by atoms with Crippen LogP contribution in [0.15, 0.2) is 18.2 Å². The highest BCUT2D eigenvalue weighted by atomic mass is 127. The maximum atomic E-state index is 12.3. The van der Waals surface area contributed by atoms with Crippen LogP contribution in [0.2, 0.25) is 0 Å². The van der Waals surface area contributed by atoms with E-state index in [1.165, 1.54) is 29.9 Å². The van der Waals surface area contributed by atoms with E-state index in [0.29, 0.717) is 28.2 Å². The summed E-state index contributed by atoms with van der Waals surface area (Å²) in [5.74, 6) is 0.474. The molecule has 1 aliphatic carbocycles. The Morgan fingerprint density at radius 1 is 1.52 bits per heavy atom. The van der Waals surface area contributed by atoms with Gasteiger partial charge in [0.15, 0.2) is 0 Å². The fourth-order valence-corrected chi connectivity index (χ4v) is 2.40. The predicted molar refractivity (Wildman–Crippen MR) is 86.3 cm³/mol. The van der Waals surface area contributed by atoms with Gasteiger partial charge in [-0.2, -0.15) is 0 Å². The molecule has 0 spiro atoms. The van der Waals surface area contributed by atoms with E-state index in [1.54, 1.807) is 13.1 Å². The van der Waals surface area contributed by atoms with Gasteiger partial charge in [-0.1, -0.05) is 0 Å². The maximum absolute atomic E-state index is 12.3. The fourth-order valence-electron chi connectivity index (χ4n) is 1.83. The number of nitrogens with zero attached hydrogens (tertiary/aromatic N) is 2. The zero-order valence-electron chi connectivity index (χ0n) is 11.8. The van der Waals surface area contributed by atoms with Crippen LogP contribution in [0.3, 0.4) is 0 Å². The van der Waals surface area contributed by atoms with E-state index in [4.69, 9.17) is 4.74 Å². The third-order valence-corrected chi connectivity index (χ3v) is 4.30. The van der Waals surface area contributed by atoms with E-state index in [9.17, 15) is 14.9 Å². The summed E-state index contributed by atoms with van der Waals surface area (Å²) in [5, 5.41) is 10.8. The third-order valence-electron chi connectivity index (χ3n) is 3.36. The molecule has 114 valence electrons. The van der Waals surface area contributed by atoms with Crippen molar-refractivity contribution in [2.45, 2.75) is 12.8 Å². The van der Waals surface area contributed by atoms with Crippen molar-refractivity contribution in [3.8, 4) is 0 Å². The molecule has 1 amide bonds. The highest BCUT2D eigenvalue weighted by Crippen LogP contribution is 2.28. The summed E-state index contributed by atoms with van der Waals surface area (Å²) in [7, 11) is 1.68. The van der Waals surface area contributed by atoms with Gasteiger partial charge in [-0.25, -0.2) is 0 Å². The molecule has 1 aliphatic rings. The molecular formula is C14H17IN2O4. The number of benzene rings is 1. The lowest BCUT2D eigenvalue weighted by atomic mass is 10.2. The van der Waals surface area contributed by atoms with Crippen LogP contribution in [0.4, 0.5) is 5.69 Å². The van der Waals surface area contributed by atoms with Gasteiger partial charge in [-0.05, 0) is 47.4 Å². The van der Waals surface area contributed by atoms with E-state index in [0.717, 1.165) is 6.61 Å². The summed E-state index contributed by atoms with van der Waals surface area (Å²) in [6, 6.07) is 4.31. The molecule has 0 N–H and O–H groups in total. The van der Waals surface area contributed by atoms with Crippen molar-refractivity contribution in [1.29, 1.82) is 0 Å². The Kier molecular flexibility index (Phi) is 5.51. The molecule has 0 radical (unpaired) electrons. The van der Waals surface area contributed by atoms with E-state index in [2.05, 4.69) is 0 Å². The average molecular weight is 404 g/mol. The lowest BCUT2D eigenvalue weighted by Crippen LogP contribution is -2.31. The number of carbonyl (C=O) groups excluding carboxylic acids is 1. The summed E-state index contributed by atoms with van der Waals surface area (Å²) in [4.78, 5) is 24.2. The molecule has 1 aromatic carbocycles. The Bertz CT molecular complexity index is 546. The molecule has 0 bridgehead atoms. The monoisotopic (exact) mass is 404 g/mol. The van der Waals surface area contributed by atoms with Crippen molar-refractivity contribution in [3.63, 3.8) is 0 Å². The average Bonchev–Trinajstić information content (AvgIpc) is 3.27. The molecule has 0 unspecified atom stereocenters. The summed E-state index contributed by atoms with van der Waals surface area (Å²) < 4.78 is 6.21. The fraction of sp³-hybridized carbons (Fsp3) is 0.500. The number of hydrogen-bond acceptors (Lipinski definition) is 4. The minimum absolute atomic E-state index is 0.0721. The standard InChI is InChI=1S/C14H17IN2O4/c1-16(6-7-21-9-10-2-3-10)14(18)12-8-11(17(19)20)4-5-13(12)15/h4-5,8,10H,2-3,6-7,9H2,1H3. The van der Waals surface area contributed by atoms with Crippen LogP contribution < -0.4 is 0 Å². The van der Waals surface area contributed by atoms with Crippen molar-refractivity contribution in [2.75, 3.05) is 26.8 Å². The maximum Gasteiger partial charge on any atom is 0.270 e. The number of likely N-dealkylation sites (N-methyl/N-ethyl adjacent to an activating group) is 1. The summed E-state index contributed by atoms with van der Waals surface area (Å²) in [6.45, 7) is 1.73. The molecule has 0 aliphatic heterocycles. The first-order valence-corrected chi connectivity index (χ1v) is 7.84. The number of amides is 1. The Labute approximate surface area is 136 Å². The summed E-state index contributed by atoms with van der Waals surface area (Å²) in [5.41, 5.74) is 0.284. The van der Waals surface area contributed by atoms with Gasteiger partial charge >= 0.3 is 0 Å². The minimum atomic E-state index is -0.494. The van der Waals surface area contributed by atoms with Crippen molar-refractivity contribution >= 4 is 34.2 Å². The Morgan fingerprint density at radius 3 is 2.86 bits per heavy atom. The summed E-state index contributed by atoms with van der Waals surface area (Å²) >= 11 is 2.01. The highest BCUT2D eigenvalue weighted by Gasteiger charge is 2.22. The molecule has 0 aromatic heterocycles. The molecule has 6 nitrogen and oxygen atoms in total. The van der Waals surface area contributed by atoms with Crippen molar-refractivity contribution in [3.05, 3.63) is 37.4 Å². The lowest BCUT2D eigenvalue weighted by Gasteiger charge is -2.18. The summed E-state index contributed by atoms with van der Waals surface area (Å²) in [6.07, 6.45) is 2.47. The quantitative estimate of drug-likeness (QED) is 0.303. The number of hydrogen-bond donors (Lipinski definition) is 0. The second-order valence-corrected chi connectivity index (χ2v) is 6.33. The largest absolute Gasteiger partial charge is 0.379 e. The topological polar surface area (TPSA) is 72.7 Å². The molecular weight excluding hydrogens is 387 g/mol. The Morgan fingerprint density at radius 2 is 2.24 bits per heavy atom. The van der Waals surface area contributed by atoms with Crippen LogP contribution in [0.5, 0.6) is 0 Å². The lowest BCUT2D eigenvalue weighted by molar-refractivity contribution is -0.384. The predicted octanol–water partition coefficient (Wildman–Crippen LogP) is 2.70. The smallest absolute Gasteiger partial charge is 0.270 e. The zero-order chi connectivity index (χ0) is 15.4. The number of halogens is 1. The van der Waals surface area contributed by atoms with Crippen LogP contribution in [-0.4, -0.2) is 42.5 Å². The van der Waals surface area contributed by atoms with Gasteiger partial charge in [-0.3, -0.25) is 14.9 Å². The molecule has 21 heavy (non-hydrogen) atoms. The van der Waals surface area contributed by atoms with Crippen molar-refractivity contribution in [1.82, 2.24) is 4.90 Å². The van der Waals surface area contributed by atoms with E-state index < -0.39 is 4.92 Å². The second kappa shape index (κ2) is 7.17. The molecule has 0 heterocycles. The molecule has 0 atom stereocenters. The number of ether oxygens (including phenoxy) is 1. The first-order valence-electron chi connectivity index (χ1n) is 6.76. The van der Waals surface area contributed by atoms with Crippen LogP contribution in [-0.2, 0) is 4.74 Å². The SMILES string of the molecule is CN(CCOCC1CC1)C(=O)c1cc([N+](=O)[O-])ccc1I. The van der Waals surface area contributed by atoms with Crippen LogP contribution in [0.1, 0.15) is 23.2 Å². The van der Waals surface area contributed by atoms with E-state index in [1.807, 2.05) is 22.6 Å². The molecule has 1 saturated carbocycles. The second-order valence-electron chi connectivity index (χ2n) is 5.17. The van der Waals surface area contributed by atoms with E-state index >= 15 is 0 Å². The Balaban J connectivity index is 1.93. The first kappa shape index (κ1) is 16.2. The number of nitro benzene ring substituents is 1. The van der Waals surface area contributed by atoms with Gasteiger partial charge in [0.25, 0.3) is 11.6 Å². The van der Waals surface area contributed by atoms with E-state index in [-0.39, 0.29) is 11.6 Å². The van der Waals surface area contributed by atoms with Gasteiger partial charge in [0.2, 0.25) is 0 Å².